The second-order valence-corrected chi connectivity index (χ2v) is 7.17. The van der Waals surface area contributed by atoms with Gasteiger partial charge in [-0.2, -0.15) is 0 Å². The first-order valence-electron chi connectivity index (χ1n) is 7.79. The molecule has 114 valence electrons. The quantitative estimate of drug-likeness (QED) is 0.918. The molecule has 0 radical (unpaired) electrons. The van der Waals surface area contributed by atoms with E-state index in [9.17, 15) is 0 Å². The molecule has 3 rings (SSSR count). The number of fused-ring (bicyclic) bond motifs is 1. The second-order valence-electron chi connectivity index (χ2n) is 5.93. The molecule has 0 aliphatic carbocycles. The highest BCUT2D eigenvalue weighted by Gasteiger charge is 2.34. The predicted molar refractivity (Wildman–Crippen MR) is 88.1 cm³/mol. The Hall–Kier alpha value is -1.20. The van der Waals surface area contributed by atoms with E-state index in [1.807, 2.05) is 0 Å². The van der Waals surface area contributed by atoms with Crippen molar-refractivity contribution in [1.82, 2.24) is 9.97 Å². The molecule has 1 N–H and O–H groups in total. The lowest BCUT2D eigenvalue weighted by Crippen LogP contribution is -2.32. The van der Waals surface area contributed by atoms with Gasteiger partial charge in [-0.25, -0.2) is 9.97 Å². The Bertz CT molecular complexity index is 632. The fraction of sp³-hybridized carbons (Fsp3) is 0.625. The highest BCUT2D eigenvalue weighted by Crippen LogP contribution is 2.36. The Balaban J connectivity index is 2.06. The number of anilines is 1. The Kier molecular flexibility index (Phi) is 4.13. The van der Waals surface area contributed by atoms with Gasteiger partial charge in [-0.15, -0.1) is 11.3 Å². The number of nitrogens with one attached hydrogen (secondary N) is 1. The monoisotopic (exact) mass is 305 g/mol. The van der Waals surface area contributed by atoms with Gasteiger partial charge in [-0.1, -0.05) is 6.92 Å². The molecule has 1 aliphatic rings. The van der Waals surface area contributed by atoms with Crippen molar-refractivity contribution in [3.63, 3.8) is 0 Å². The molecule has 4 nitrogen and oxygen atoms in total. The Morgan fingerprint density at radius 1 is 1.38 bits per heavy atom. The molecule has 1 unspecified atom stereocenters. The fourth-order valence-electron chi connectivity index (χ4n) is 2.77. The van der Waals surface area contributed by atoms with Crippen molar-refractivity contribution in [3.05, 3.63) is 16.8 Å². The largest absolute Gasteiger partial charge is 0.369 e. The van der Waals surface area contributed by atoms with E-state index in [-0.39, 0.29) is 5.60 Å². The van der Waals surface area contributed by atoms with Crippen molar-refractivity contribution in [2.24, 2.45) is 0 Å². The molecular weight excluding hydrogens is 282 g/mol. The van der Waals surface area contributed by atoms with Crippen LogP contribution in [0.4, 0.5) is 5.82 Å². The molecule has 0 aromatic carbocycles. The van der Waals surface area contributed by atoms with Gasteiger partial charge in [0.25, 0.3) is 0 Å². The van der Waals surface area contributed by atoms with E-state index in [0.717, 1.165) is 54.3 Å². The maximum Gasteiger partial charge on any atom is 0.163 e. The van der Waals surface area contributed by atoms with Crippen molar-refractivity contribution >= 4 is 27.4 Å². The Morgan fingerprint density at radius 3 is 2.95 bits per heavy atom. The number of hydrogen-bond donors (Lipinski definition) is 1. The molecule has 3 heterocycles. The Labute approximate surface area is 129 Å². The summed E-state index contributed by atoms with van der Waals surface area (Å²) in [6, 6.07) is 2.17. The topological polar surface area (TPSA) is 47.0 Å². The SMILES string of the molecule is CCCNc1nc(C2(C)CCCCO2)nc2sc(C)cc12. The average molecular weight is 305 g/mol. The minimum Gasteiger partial charge on any atom is -0.369 e. The summed E-state index contributed by atoms with van der Waals surface area (Å²) in [5.41, 5.74) is -0.340. The normalized spacial score (nSPS) is 22.6. The predicted octanol–water partition coefficient (Wildman–Crippen LogP) is 4.24. The van der Waals surface area contributed by atoms with Crippen molar-refractivity contribution in [2.45, 2.75) is 52.1 Å². The summed E-state index contributed by atoms with van der Waals surface area (Å²) in [6.07, 6.45) is 4.39. The van der Waals surface area contributed by atoms with Gasteiger partial charge in [-0.3, -0.25) is 0 Å². The van der Waals surface area contributed by atoms with E-state index in [4.69, 9.17) is 14.7 Å². The number of rotatable bonds is 4. The van der Waals surface area contributed by atoms with Crippen molar-refractivity contribution < 1.29 is 4.74 Å². The fourth-order valence-corrected chi connectivity index (χ4v) is 3.65. The highest BCUT2D eigenvalue weighted by atomic mass is 32.1. The van der Waals surface area contributed by atoms with Gasteiger partial charge in [0.2, 0.25) is 0 Å². The first-order valence-corrected chi connectivity index (χ1v) is 8.60. The van der Waals surface area contributed by atoms with Crippen LogP contribution in [0.2, 0.25) is 0 Å². The van der Waals surface area contributed by atoms with E-state index in [1.54, 1.807) is 11.3 Å². The number of ether oxygens (including phenoxy) is 1. The summed E-state index contributed by atoms with van der Waals surface area (Å²) in [6.45, 7) is 8.14. The van der Waals surface area contributed by atoms with Gasteiger partial charge < -0.3 is 10.1 Å². The van der Waals surface area contributed by atoms with Crippen LogP contribution in [-0.4, -0.2) is 23.1 Å². The van der Waals surface area contributed by atoms with Gasteiger partial charge in [0.1, 0.15) is 16.2 Å². The van der Waals surface area contributed by atoms with Crippen LogP contribution in [0.15, 0.2) is 6.07 Å². The lowest BCUT2D eigenvalue weighted by molar-refractivity contribution is -0.0757. The average Bonchev–Trinajstić information content (AvgIpc) is 2.85. The molecule has 1 fully saturated rings. The molecule has 21 heavy (non-hydrogen) atoms. The zero-order valence-corrected chi connectivity index (χ0v) is 13.8. The molecule has 2 aromatic rings. The number of thiophene rings is 1. The van der Waals surface area contributed by atoms with Gasteiger partial charge in [0, 0.05) is 18.0 Å². The minimum absolute atomic E-state index is 0.340. The second kappa shape index (κ2) is 5.89. The van der Waals surface area contributed by atoms with Gasteiger partial charge >= 0.3 is 0 Å². The minimum atomic E-state index is -0.340. The maximum absolute atomic E-state index is 6.02. The van der Waals surface area contributed by atoms with E-state index >= 15 is 0 Å². The number of hydrogen-bond acceptors (Lipinski definition) is 5. The van der Waals surface area contributed by atoms with Crippen molar-refractivity contribution in [3.8, 4) is 0 Å². The van der Waals surface area contributed by atoms with Crippen molar-refractivity contribution in [1.29, 1.82) is 0 Å². The van der Waals surface area contributed by atoms with Crippen LogP contribution in [0.5, 0.6) is 0 Å². The van der Waals surface area contributed by atoms with E-state index in [0.29, 0.717) is 0 Å². The smallest absolute Gasteiger partial charge is 0.163 e. The molecule has 1 saturated heterocycles. The van der Waals surface area contributed by atoms with E-state index in [1.165, 1.54) is 11.3 Å². The summed E-state index contributed by atoms with van der Waals surface area (Å²) in [4.78, 5) is 11.9. The van der Waals surface area contributed by atoms with Crippen LogP contribution in [0, 0.1) is 6.92 Å². The van der Waals surface area contributed by atoms with Gasteiger partial charge in [0.15, 0.2) is 5.82 Å². The summed E-state index contributed by atoms with van der Waals surface area (Å²) in [7, 11) is 0. The molecular formula is C16H23N3OS. The van der Waals surface area contributed by atoms with Gasteiger partial charge in [-0.05, 0) is 45.6 Å². The van der Waals surface area contributed by atoms with Crippen LogP contribution in [-0.2, 0) is 10.3 Å². The first kappa shape index (κ1) is 14.7. The first-order chi connectivity index (χ1) is 10.1. The van der Waals surface area contributed by atoms with Crippen LogP contribution in [0.3, 0.4) is 0 Å². The molecule has 0 bridgehead atoms. The van der Waals surface area contributed by atoms with Crippen LogP contribution >= 0.6 is 11.3 Å². The molecule has 2 aromatic heterocycles. The molecule has 0 saturated carbocycles. The van der Waals surface area contributed by atoms with Crippen molar-refractivity contribution in [2.75, 3.05) is 18.5 Å². The third-order valence-corrected chi connectivity index (χ3v) is 4.94. The standard InChI is InChI=1S/C16H23N3OS/c1-4-8-17-13-12-10-11(2)21-14(12)19-15(18-13)16(3)7-5-6-9-20-16/h10H,4-9H2,1-3H3,(H,17,18,19). The lowest BCUT2D eigenvalue weighted by atomic mass is 9.95. The maximum atomic E-state index is 6.02. The molecule has 5 heteroatoms. The zero-order chi connectivity index (χ0) is 14.9. The van der Waals surface area contributed by atoms with Crippen LogP contribution in [0.25, 0.3) is 10.2 Å². The third kappa shape index (κ3) is 2.90. The van der Waals surface area contributed by atoms with Crippen LogP contribution in [0.1, 0.15) is 50.2 Å². The molecule has 1 aliphatic heterocycles. The lowest BCUT2D eigenvalue weighted by Gasteiger charge is -2.32. The molecule has 1 atom stereocenters. The molecule has 0 spiro atoms. The zero-order valence-electron chi connectivity index (χ0n) is 13.0. The summed E-state index contributed by atoms with van der Waals surface area (Å²) in [5.74, 6) is 1.78. The summed E-state index contributed by atoms with van der Waals surface area (Å²) < 4.78 is 6.02. The third-order valence-electron chi connectivity index (χ3n) is 4.00. The van der Waals surface area contributed by atoms with Gasteiger partial charge in [0.05, 0.1) is 5.39 Å². The number of aromatic nitrogens is 2. The van der Waals surface area contributed by atoms with E-state index in [2.05, 4.69) is 32.2 Å². The van der Waals surface area contributed by atoms with Crippen LogP contribution < -0.4 is 5.32 Å². The number of aryl methyl sites for hydroxylation is 1. The Morgan fingerprint density at radius 2 is 2.24 bits per heavy atom. The van der Waals surface area contributed by atoms with E-state index < -0.39 is 0 Å². The summed E-state index contributed by atoms with van der Waals surface area (Å²) in [5, 5.41) is 4.58. The highest BCUT2D eigenvalue weighted by molar-refractivity contribution is 7.18. The summed E-state index contributed by atoms with van der Waals surface area (Å²) >= 11 is 1.73. The number of nitrogens with zero attached hydrogens (tertiary/aromatic N) is 2. The molecule has 0 amide bonds.